The Labute approximate surface area is 105 Å². The van der Waals surface area contributed by atoms with Crippen LogP contribution < -0.4 is 5.73 Å². The summed E-state index contributed by atoms with van der Waals surface area (Å²) in [5.41, 5.74) is 8.87. The molecule has 1 nitrogen and oxygen atoms in total. The lowest BCUT2D eigenvalue weighted by Crippen LogP contribution is -2.16. The van der Waals surface area contributed by atoms with Gasteiger partial charge in [-0.2, -0.15) is 0 Å². The van der Waals surface area contributed by atoms with Crippen molar-refractivity contribution in [2.75, 3.05) is 6.54 Å². The van der Waals surface area contributed by atoms with Crippen LogP contribution >= 0.6 is 0 Å². The first-order valence-electron chi connectivity index (χ1n) is 7.01. The lowest BCUT2D eigenvalue weighted by molar-refractivity contribution is 0.346. The van der Waals surface area contributed by atoms with Gasteiger partial charge in [-0.25, -0.2) is 0 Å². The Balaban J connectivity index is 2.19. The monoisotopic (exact) mass is 231 g/mol. The van der Waals surface area contributed by atoms with Crippen LogP contribution in [0.4, 0.5) is 0 Å². The van der Waals surface area contributed by atoms with Crippen LogP contribution in [0.15, 0.2) is 24.3 Å². The highest BCUT2D eigenvalue weighted by Crippen LogP contribution is 2.38. The maximum atomic E-state index is 5.82. The Morgan fingerprint density at radius 2 is 1.82 bits per heavy atom. The Kier molecular flexibility index (Phi) is 4.22. The molecule has 1 aliphatic rings. The van der Waals surface area contributed by atoms with Gasteiger partial charge in [-0.05, 0) is 48.3 Å². The molecule has 2 N–H and O–H groups in total. The zero-order chi connectivity index (χ0) is 12.3. The number of rotatable bonds is 3. The molecule has 1 saturated carbocycles. The minimum atomic E-state index is 0.491. The summed E-state index contributed by atoms with van der Waals surface area (Å²) in [4.78, 5) is 0. The molecule has 0 saturated heterocycles. The van der Waals surface area contributed by atoms with Crippen LogP contribution in [-0.4, -0.2) is 6.54 Å². The molecule has 94 valence electrons. The molecule has 0 aliphatic heterocycles. The van der Waals surface area contributed by atoms with Crippen LogP contribution in [0.3, 0.4) is 0 Å². The summed E-state index contributed by atoms with van der Waals surface area (Å²) in [6.07, 6.45) is 5.48. The Morgan fingerprint density at radius 3 is 2.47 bits per heavy atom. The molecule has 1 fully saturated rings. The van der Waals surface area contributed by atoms with E-state index in [1.54, 1.807) is 5.56 Å². The van der Waals surface area contributed by atoms with E-state index in [1.165, 1.54) is 31.2 Å². The minimum absolute atomic E-state index is 0.491. The van der Waals surface area contributed by atoms with E-state index in [0.29, 0.717) is 5.92 Å². The zero-order valence-electron chi connectivity index (χ0n) is 11.2. The number of benzene rings is 1. The fourth-order valence-corrected chi connectivity index (χ4v) is 3.03. The summed E-state index contributed by atoms with van der Waals surface area (Å²) in [5.74, 6) is 2.19. The quantitative estimate of drug-likeness (QED) is 0.834. The summed E-state index contributed by atoms with van der Waals surface area (Å²) in [6, 6.07) is 8.92. The van der Waals surface area contributed by atoms with Crippen molar-refractivity contribution in [3.8, 4) is 0 Å². The molecule has 0 bridgehead atoms. The first-order chi connectivity index (χ1) is 8.22. The summed E-state index contributed by atoms with van der Waals surface area (Å²) >= 11 is 0. The second kappa shape index (κ2) is 5.68. The van der Waals surface area contributed by atoms with Crippen LogP contribution in [-0.2, 0) is 0 Å². The molecule has 1 unspecified atom stereocenters. The molecule has 1 heteroatoms. The van der Waals surface area contributed by atoms with Gasteiger partial charge < -0.3 is 5.73 Å². The van der Waals surface area contributed by atoms with Crippen LogP contribution in [0.2, 0.25) is 0 Å². The molecule has 1 atom stereocenters. The van der Waals surface area contributed by atoms with Crippen molar-refractivity contribution < 1.29 is 0 Å². The Morgan fingerprint density at radius 1 is 1.18 bits per heavy atom. The molecular weight excluding hydrogens is 206 g/mol. The maximum Gasteiger partial charge on any atom is -0.00108 e. The van der Waals surface area contributed by atoms with Crippen molar-refractivity contribution in [3.63, 3.8) is 0 Å². The third kappa shape index (κ3) is 2.90. The van der Waals surface area contributed by atoms with E-state index in [0.717, 1.165) is 18.4 Å². The topological polar surface area (TPSA) is 26.0 Å². The number of hydrogen-bond donors (Lipinski definition) is 1. The molecule has 0 aromatic heterocycles. The average Bonchev–Trinajstić information content (AvgIpc) is 2.39. The van der Waals surface area contributed by atoms with Crippen LogP contribution in [0.5, 0.6) is 0 Å². The first-order valence-corrected chi connectivity index (χ1v) is 7.01. The van der Waals surface area contributed by atoms with Crippen molar-refractivity contribution >= 4 is 0 Å². The van der Waals surface area contributed by atoms with Gasteiger partial charge >= 0.3 is 0 Å². The maximum absolute atomic E-state index is 5.82. The fourth-order valence-electron chi connectivity index (χ4n) is 3.03. The van der Waals surface area contributed by atoms with Gasteiger partial charge in [0.15, 0.2) is 0 Å². The van der Waals surface area contributed by atoms with Crippen molar-refractivity contribution in [3.05, 3.63) is 35.4 Å². The molecule has 0 heterocycles. The highest BCUT2D eigenvalue weighted by Gasteiger charge is 2.22. The van der Waals surface area contributed by atoms with E-state index in [2.05, 4.69) is 38.1 Å². The number of nitrogens with two attached hydrogens (primary N) is 1. The summed E-state index contributed by atoms with van der Waals surface area (Å²) in [6.45, 7) is 5.37. The molecule has 0 spiro atoms. The molecule has 0 radical (unpaired) electrons. The summed E-state index contributed by atoms with van der Waals surface area (Å²) in [5, 5.41) is 0. The SMILES string of the molecule is CC1CCC(c2ccccc2C(C)CN)CC1. The van der Waals surface area contributed by atoms with Crippen molar-refractivity contribution in [1.82, 2.24) is 0 Å². The van der Waals surface area contributed by atoms with Gasteiger partial charge in [-0.15, -0.1) is 0 Å². The predicted octanol–water partition coefficient (Wildman–Crippen LogP) is 4.04. The van der Waals surface area contributed by atoms with Crippen molar-refractivity contribution in [1.29, 1.82) is 0 Å². The third-order valence-corrected chi connectivity index (χ3v) is 4.34. The van der Waals surface area contributed by atoms with Gasteiger partial charge in [0.25, 0.3) is 0 Å². The molecule has 17 heavy (non-hydrogen) atoms. The van der Waals surface area contributed by atoms with E-state index in [1.807, 2.05) is 0 Å². The van der Waals surface area contributed by atoms with E-state index < -0.39 is 0 Å². The standard InChI is InChI=1S/C16H25N/c1-12-7-9-14(10-8-12)16-6-4-3-5-15(16)13(2)11-17/h3-6,12-14H,7-11,17H2,1-2H3. The summed E-state index contributed by atoms with van der Waals surface area (Å²) in [7, 11) is 0. The van der Waals surface area contributed by atoms with Gasteiger partial charge in [-0.3, -0.25) is 0 Å². The molecule has 2 rings (SSSR count). The molecule has 0 amide bonds. The van der Waals surface area contributed by atoms with E-state index in [4.69, 9.17) is 5.73 Å². The summed E-state index contributed by atoms with van der Waals surface area (Å²) < 4.78 is 0. The predicted molar refractivity (Wildman–Crippen MR) is 74.3 cm³/mol. The third-order valence-electron chi connectivity index (χ3n) is 4.34. The van der Waals surface area contributed by atoms with Gasteiger partial charge in [0.2, 0.25) is 0 Å². The second-order valence-corrected chi connectivity index (χ2v) is 5.72. The van der Waals surface area contributed by atoms with Crippen LogP contribution in [0.1, 0.15) is 62.5 Å². The van der Waals surface area contributed by atoms with E-state index >= 15 is 0 Å². The second-order valence-electron chi connectivity index (χ2n) is 5.72. The molecule has 1 aliphatic carbocycles. The van der Waals surface area contributed by atoms with Crippen LogP contribution in [0.25, 0.3) is 0 Å². The highest BCUT2D eigenvalue weighted by molar-refractivity contribution is 5.33. The lowest BCUT2D eigenvalue weighted by atomic mass is 9.76. The van der Waals surface area contributed by atoms with Gasteiger partial charge in [0.1, 0.15) is 0 Å². The minimum Gasteiger partial charge on any atom is -0.330 e. The molecular formula is C16H25N. The van der Waals surface area contributed by atoms with Gasteiger partial charge in [0, 0.05) is 0 Å². The Bertz CT molecular complexity index is 350. The van der Waals surface area contributed by atoms with Gasteiger partial charge in [-0.1, -0.05) is 51.0 Å². The highest BCUT2D eigenvalue weighted by atomic mass is 14.5. The smallest absolute Gasteiger partial charge is 0.00108 e. The lowest BCUT2D eigenvalue weighted by Gasteiger charge is -2.29. The first kappa shape index (κ1) is 12.6. The molecule has 1 aromatic carbocycles. The average molecular weight is 231 g/mol. The zero-order valence-corrected chi connectivity index (χ0v) is 11.2. The largest absolute Gasteiger partial charge is 0.330 e. The van der Waals surface area contributed by atoms with Crippen LogP contribution in [0, 0.1) is 5.92 Å². The van der Waals surface area contributed by atoms with Crippen molar-refractivity contribution in [2.45, 2.75) is 51.4 Å². The fraction of sp³-hybridized carbons (Fsp3) is 0.625. The number of hydrogen-bond acceptors (Lipinski definition) is 1. The normalized spacial score (nSPS) is 26.8. The van der Waals surface area contributed by atoms with Gasteiger partial charge in [0.05, 0.1) is 0 Å². The van der Waals surface area contributed by atoms with E-state index in [-0.39, 0.29) is 0 Å². The van der Waals surface area contributed by atoms with Crippen molar-refractivity contribution in [2.24, 2.45) is 11.7 Å². The molecule has 1 aromatic rings. The van der Waals surface area contributed by atoms with E-state index in [9.17, 15) is 0 Å². The Hall–Kier alpha value is -0.820.